The van der Waals surface area contributed by atoms with Crippen molar-refractivity contribution < 1.29 is 0 Å². The second-order valence-electron chi connectivity index (χ2n) is 7.22. The Kier molecular flexibility index (Phi) is 4.22. The number of nitrogens with zero attached hydrogens (tertiary/aromatic N) is 5. The van der Waals surface area contributed by atoms with Gasteiger partial charge in [0.05, 0.1) is 6.20 Å². The maximum atomic E-state index is 4.42. The second kappa shape index (κ2) is 6.51. The normalized spacial score (nSPS) is 19.6. The van der Waals surface area contributed by atoms with Gasteiger partial charge in [0.1, 0.15) is 12.1 Å². The Labute approximate surface area is 143 Å². The number of anilines is 1. The maximum absolute atomic E-state index is 4.42. The predicted molar refractivity (Wildman–Crippen MR) is 94.0 cm³/mol. The van der Waals surface area contributed by atoms with Crippen molar-refractivity contribution in [3.05, 3.63) is 35.5 Å². The lowest BCUT2D eigenvalue weighted by Crippen LogP contribution is -2.43. The van der Waals surface area contributed by atoms with Crippen LogP contribution in [0.3, 0.4) is 0 Å². The van der Waals surface area contributed by atoms with E-state index < -0.39 is 0 Å². The molecule has 1 saturated carbocycles. The summed E-state index contributed by atoms with van der Waals surface area (Å²) < 4.78 is 0. The van der Waals surface area contributed by atoms with E-state index >= 15 is 0 Å². The van der Waals surface area contributed by atoms with Gasteiger partial charge in [0.2, 0.25) is 0 Å². The van der Waals surface area contributed by atoms with Crippen molar-refractivity contribution in [2.75, 3.05) is 25.0 Å². The molecule has 1 aliphatic heterocycles. The van der Waals surface area contributed by atoms with Crippen LogP contribution >= 0.6 is 0 Å². The first-order chi connectivity index (χ1) is 11.7. The quantitative estimate of drug-likeness (QED) is 0.915. The third-order valence-electron chi connectivity index (χ3n) is 5.39. The molecule has 1 N–H and O–H groups in total. The van der Waals surface area contributed by atoms with E-state index in [0.717, 1.165) is 37.1 Å². The van der Waals surface area contributed by atoms with Crippen molar-refractivity contribution in [3.63, 3.8) is 0 Å². The highest BCUT2D eigenvalue weighted by Crippen LogP contribution is 2.40. The molecule has 24 heavy (non-hydrogen) atoms. The average Bonchev–Trinajstić information content (AvgIpc) is 3.34. The molecule has 1 aliphatic carbocycles. The molecule has 0 radical (unpaired) electrons. The van der Waals surface area contributed by atoms with Crippen molar-refractivity contribution in [1.82, 2.24) is 25.1 Å². The van der Waals surface area contributed by atoms with Crippen molar-refractivity contribution in [3.8, 4) is 0 Å². The summed E-state index contributed by atoms with van der Waals surface area (Å²) in [5, 5.41) is 7.48. The lowest BCUT2D eigenvalue weighted by molar-refractivity contribution is 0.202. The molecular weight excluding hydrogens is 300 g/mol. The van der Waals surface area contributed by atoms with Crippen molar-refractivity contribution in [2.45, 2.75) is 51.1 Å². The number of H-pyrrole nitrogens is 1. The van der Waals surface area contributed by atoms with Crippen LogP contribution in [0.1, 0.15) is 48.6 Å². The number of hydrogen-bond acceptors (Lipinski definition) is 5. The van der Waals surface area contributed by atoms with Crippen LogP contribution < -0.4 is 4.90 Å². The van der Waals surface area contributed by atoms with E-state index in [1.54, 1.807) is 6.33 Å². The molecule has 1 saturated heterocycles. The number of aryl methyl sites for hydroxylation is 1. The maximum Gasteiger partial charge on any atom is 0.132 e. The third-order valence-corrected chi connectivity index (χ3v) is 5.39. The number of hydrogen-bond donors (Lipinski definition) is 1. The SMILES string of the molecule is Cc1cc(N(C)C2CCN(Cc3cn[nH]c3C3CC3)CC2)ncn1. The van der Waals surface area contributed by atoms with E-state index in [-0.39, 0.29) is 0 Å². The Hall–Kier alpha value is -1.95. The Morgan fingerprint density at radius 1 is 1.21 bits per heavy atom. The highest BCUT2D eigenvalue weighted by atomic mass is 15.2. The Bertz CT molecular complexity index is 684. The molecule has 128 valence electrons. The predicted octanol–water partition coefficient (Wildman–Crippen LogP) is 2.49. The monoisotopic (exact) mass is 326 g/mol. The molecule has 0 spiro atoms. The Morgan fingerprint density at radius 2 is 2.00 bits per heavy atom. The minimum absolute atomic E-state index is 0.558. The zero-order valence-corrected chi connectivity index (χ0v) is 14.6. The second-order valence-corrected chi connectivity index (χ2v) is 7.22. The smallest absolute Gasteiger partial charge is 0.132 e. The van der Waals surface area contributed by atoms with Gasteiger partial charge in [-0.05, 0) is 32.6 Å². The molecule has 2 aromatic rings. The molecule has 0 bridgehead atoms. The molecular formula is C18H26N6. The van der Waals surface area contributed by atoms with Crippen LogP contribution in [0.4, 0.5) is 5.82 Å². The van der Waals surface area contributed by atoms with E-state index in [2.05, 4.69) is 43.1 Å². The third kappa shape index (κ3) is 3.29. The van der Waals surface area contributed by atoms with Gasteiger partial charge in [-0.1, -0.05) is 0 Å². The Morgan fingerprint density at radius 3 is 2.71 bits per heavy atom. The summed E-state index contributed by atoms with van der Waals surface area (Å²) in [6.45, 7) is 5.32. The van der Waals surface area contributed by atoms with Crippen molar-refractivity contribution in [1.29, 1.82) is 0 Å². The van der Waals surface area contributed by atoms with Crippen LogP contribution in [0, 0.1) is 6.92 Å². The molecule has 2 aromatic heterocycles. The first kappa shape index (κ1) is 15.6. The molecule has 0 unspecified atom stereocenters. The number of nitrogens with one attached hydrogen (secondary N) is 1. The molecule has 0 amide bonds. The topological polar surface area (TPSA) is 60.9 Å². The highest BCUT2D eigenvalue weighted by Gasteiger charge is 2.29. The zero-order chi connectivity index (χ0) is 16.5. The Balaban J connectivity index is 1.34. The molecule has 3 heterocycles. The van der Waals surface area contributed by atoms with Gasteiger partial charge < -0.3 is 4.90 Å². The van der Waals surface area contributed by atoms with Crippen LogP contribution in [-0.2, 0) is 6.54 Å². The number of likely N-dealkylation sites (tertiary alicyclic amines) is 1. The summed E-state index contributed by atoms with van der Waals surface area (Å²) >= 11 is 0. The fourth-order valence-electron chi connectivity index (χ4n) is 3.70. The summed E-state index contributed by atoms with van der Waals surface area (Å²) in [7, 11) is 2.16. The summed E-state index contributed by atoms with van der Waals surface area (Å²) in [6, 6.07) is 2.63. The fraction of sp³-hybridized carbons (Fsp3) is 0.611. The highest BCUT2D eigenvalue weighted by molar-refractivity contribution is 5.39. The van der Waals surface area contributed by atoms with Gasteiger partial charge in [-0.2, -0.15) is 5.10 Å². The molecule has 6 heteroatoms. The summed E-state index contributed by atoms with van der Waals surface area (Å²) in [5.41, 5.74) is 3.80. The zero-order valence-electron chi connectivity index (χ0n) is 14.6. The number of rotatable bonds is 5. The van der Waals surface area contributed by atoms with Gasteiger partial charge >= 0.3 is 0 Å². The first-order valence-electron chi connectivity index (χ1n) is 8.96. The van der Waals surface area contributed by atoms with Gasteiger partial charge in [-0.15, -0.1) is 0 Å². The van der Waals surface area contributed by atoms with Crippen LogP contribution in [0.15, 0.2) is 18.6 Å². The summed E-state index contributed by atoms with van der Waals surface area (Å²) in [4.78, 5) is 13.5. The van der Waals surface area contributed by atoms with Gasteiger partial charge in [-0.25, -0.2) is 9.97 Å². The van der Waals surface area contributed by atoms with Gasteiger partial charge in [0.25, 0.3) is 0 Å². The molecule has 0 aromatic carbocycles. The van der Waals surface area contributed by atoms with Crippen molar-refractivity contribution >= 4 is 5.82 Å². The number of aromatic nitrogens is 4. The van der Waals surface area contributed by atoms with E-state index in [1.165, 1.54) is 36.9 Å². The molecule has 2 fully saturated rings. The minimum atomic E-state index is 0.558. The van der Waals surface area contributed by atoms with E-state index in [4.69, 9.17) is 0 Å². The minimum Gasteiger partial charge on any atom is -0.356 e. The lowest BCUT2D eigenvalue weighted by atomic mass is 10.0. The molecule has 6 nitrogen and oxygen atoms in total. The fourth-order valence-corrected chi connectivity index (χ4v) is 3.70. The first-order valence-corrected chi connectivity index (χ1v) is 8.96. The number of piperidine rings is 1. The van der Waals surface area contributed by atoms with Crippen LogP contribution in [0.2, 0.25) is 0 Å². The molecule has 4 rings (SSSR count). The average molecular weight is 326 g/mol. The standard InChI is InChI=1S/C18H26N6/c1-13-9-17(20-12-19-13)23(2)16-5-7-24(8-6-16)11-15-10-21-22-18(15)14-3-4-14/h9-10,12,14,16H,3-8,11H2,1-2H3,(H,21,22). The van der Waals surface area contributed by atoms with E-state index in [0.29, 0.717) is 6.04 Å². The summed E-state index contributed by atoms with van der Waals surface area (Å²) in [6.07, 6.45) is 8.68. The molecule has 2 aliphatic rings. The lowest BCUT2D eigenvalue weighted by Gasteiger charge is -2.37. The van der Waals surface area contributed by atoms with Gasteiger partial charge in [0, 0.05) is 61.7 Å². The number of aromatic amines is 1. The van der Waals surface area contributed by atoms with Crippen molar-refractivity contribution in [2.24, 2.45) is 0 Å². The van der Waals surface area contributed by atoms with Crippen LogP contribution in [-0.4, -0.2) is 51.2 Å². The van der Waals surface area contributed by atoms with Crippen LogP contribution in [0.25, 0.3) is 0 Å². The largest absolute Gasteiger partial charge is 0.356 e. The van der Waals surface area contributed by atoms with Gasteiger partial charge in [0.15, 0.2) is 0 Å². The van der Waals surface area contributed by atoms with Crippen LogP contribution in [0.5, 0.6) is 0 Å². The molecule has 0 atom stereocenters. The van der Waals surface area contributed by atoms with E-state index in [9.17, 15) is 0 Å². The summed E-state index contributed by atoms with van der Waals surface area (Å²) in [5.74, 6) is 1.78. The van der Waals surface area contributed by atoms with Gasteiger partial charge in [-0.3, -0.25) is 10.00 Å². The van der Waals surface area contributed by atoms with E-state index in [1.807, 2.05) is 13.1 Å².